The molecule has 1 unspecified atom stereocenters. The molecule has 0 bridgehead atoms. The predicted molar refractivity (Wildman–Crippen MR) is 75.4 cm³/mol. The van der Waals surface area contributed by atoms with Gasteiger partial charge in [-0.05, 0) is 26.8 Å². The number of nitrogens with one attached hydrogen (secondary N) is 1. The molecule has 0 fully saturated rings. The highest BCUT2D eigenvalue weighted by atomic mass is 16.5. The Hall–Kier alpha value is -1.14. The minimum absolute atomic E-state index is 0.0622. The quantitative estimate of drug-likeness (QED) is 0.740. The minimum Gasteiger partial charge on any atom is -0.406 e. The lowest BCUT2D eigenvalue weighted by Crippen LogP contribution is -2.37. The predicted octanol–water partition coefficient (Wildman–Crippen LogP) is 1.99. The highest BCUT2D eigenvalue weighted by Crippen LogP contribution is 2.21. The Morgan fingerprint density at radius 3 is 2.53 bits per heavy atom. The highest BCUT2D eigenvalue weighted by molar-refractivity contribution is 5.26. The maximum atomic E-state index is 5.77. The van der Waals surface area contributed by atoms with Crippen LogP contribution < -0.4 is 10.2 Å². The van der Waals surface area contributed by atoms with Crippen molar-refractivity contribution in [2.24, 2.45) is 0 Å². The number of rotatable bonds is 9. The fraction of sp³-hybridized carbons (Fsp3) is 0.846. The largest absolute Gasteiger partial charge is 0.406 e. The average molecular weight is 270 g/mol. The van der Waals surface area contributed by atoms with Crippen LogP contribution in [0.4, 0.5) is 6.01 Å². The number of ether oxygens (including phenoxy) is 1. The summed E-state index contributed by atoms with van der Waals surface area (Å²) in [5.74, 6) is 0.617. The van der Waals surface area contributed by atoms with Gasteiger partial charge in [0.05, 0.1) is 12.6 Å². The Bertz CT molecular complexity index is 352. The van der Waals surface area contributed by atoms with E-state index in [0.717, 1.165) is 19.4 Å². The molecule has 1 rings (SSSR count). The molecule has 1 aromatic rings. The van der Waals surface area contributed by atoms with E-state index in [0.29, 0.717) is 24.6 Å². The number of hydrogen-bond donors (Lipinski definition) is 1. The number of hydrogen-bond acceptors (Lipinski definition) is 6. The normalized spacial score (nSPS) is 12.9. The van der Waals surface area contributed by atoms with Gasteiger partial charge in [0.25, 0.3) is 0 Å². The van der Waals surface area contributed by atoms with E-state index in [2.05, 4.69) is 34.3 Å². The minimum atomic E-state index is 0.0622. The van der Waals surface area contributed by atoms with Crippen LogP contribution in [0.2, 0.25) is 0 Å². The van der Waals surface area contributed by atoms with Gasteiger partial charge in [0.1, 0.15) is 0 Å². The van der Waals surface area contributed by atoms with E-state index in [-0.39, 0.29) is 6.04 Å². The molecule has 0 aliphatic heterocycles. The molecule has 19 heavy (non-hydrogen) atoms. The summed E-state index contributed by atoms with van der Waals surface area (Å²) in [6, 6.07) is 1.04. The van der Waals surface area contributed by atoms with Crippen molar-refractivity contribution >= 4 is 6.01 Å². The van der Waals surface area contributed by atoms with Gasteiger partial charge in [-0.2, -0.15) is 0 Å². The van der Waals surface area contributed by atoms with Crippen LogP contribution in [0.25, 0.3) is 0 Å². The van der Waals surface area contributed by atoms with Crippen molar-refractivity contribution in [3.05, 3.63) is 5.89 Å². The molecule has 0 aliphatic carbocycles. The van der Waals surface area contributed by atoms with Crippen LogP contribution in [0.5, 0.6) is 0 Å². The first-order chi connectivity index (χ1) is 9.17. The van der Waals surface area contributed by atoms with Crippen molar-refractivity contribution in [3.63, 3.8) is 0 Å². The van der Waals surface area contributed by atoms with E-state index in [1.165, 1.54) is 0 Å². The number of aromatic nitrogens is 2. The molecule has 1 atom stereocenters. The Labute approximate surface area is 115 Å². The Kier molecular flexibility index (Phi) is 6.80. The fourth-order valence-corrected chi connectivity index (χ4v) is 1.99. The summed E-state index contributed by atoms with van der Waals surface area (Å²) in [5, 5.41) is 11.4. The standard InChI is InChI=1S/C13H26N4O2/c1-6-11(7-2)17(8-9-18-5)13-16-15-12(19-13)10(3)14-4/h10-11,14H,6-9H2,1-5H3. The van der Waals surface area contributed by atoms with Crippen molar-refractivity contribution < 1.29 is 9.15 Å². The second-order valence-electron chi connectivity index (χ2n) is 4.59. The van der Waals surface area contributed by atoms with Crippen LogP contribution in [-0.2, 0) is 4.74 Å². The first-order valence-electron chi connectivity index (χ1n) is 6.94. The zero-order valence-electron chi connectivity index (χ0n) is 12.6. The Morgan fingerprint density at radius 2 is 2.00 bits per heavy atom. The first-order valence-corrected chi connectivity index (χ1v) is 6.94. The molecule has 0 saturated heterocycles. The third-order valence-electron chi connectivity index (χ3n) is 3.40. The number of methoxy groups -OCH3 is 1. The molecular formula is C13H26N4O2. The second kappa shape index (κ2) is 8.12. The van der Waals surface area contributed by atoms with E-state index in [9.17, 15) is 0 Å². The van der Waals surface area contributed by atoms with Crippen molar-refractivity contribution in [2.45, 2.75) is 45.7 Å². The van der Waals surface area contributed by atoms with Gasteiger partial charge in [-0.1, -0.05) is 18.9 Å². The van der Waals surface area contributed by atoms with Crippen LogP contribution in [0.15, 0.2) is 4.42 Å². The van der Waals surface area contributed by atoms with Gasteiger partial charge in [-0.3, -0.25) is 0 Å². The third kappa shape index (κ3) is 4.18. The van der Waals surface area contributed by atoms with Gasteiger partial charge in [0, 0.05) is 19.7 Å². The molecule has 1 aromatic heterocycles. The zero-order valence-corrected chi connectivity index (χ0v) is 12.6. The maximum absolute atomic E-state index is 5.77. The van der Waals surface area contributed by atoms with Crippen molar-refractivity contribution in [1.29, 1.82) is 0 Å². The summed E-state index contributed by atoms with van der Waals surface area (Å²) in [5.41, 5.74) is 0. The molecule has 0 aromatic carbocycles. The molecule has 6 nitrogen and oxygen atoms in total. The molecule has 0 amide bonds. The molecular weight excluding hydrogens is 244 g/mol. The SMILES string of the molecule is CCC(CC)N(CCOC)c1nnc(C(C)NC)o1. The van der Waals surface area contributed by atoms with E-state index in [1.54, 1.807) is 7.11 Å². The van der Waals surface area contributed by atoms with Gasteiger partial charge in [-0.15, -0.1) is 5.10 Å². The van der Waals surface area contributed by atoms with E-state index < -0.39 is 0 Å². The zero-order chi connectivity index (χ0) is 14.3. The van der Waals surface area contributed by atoms with E-state index in [4.69, 9.17) is 9.15 Å². The summed E-state index contributed by atoms with van der Waals surface area (Å²) < 4.78 is 10.9. The van der Waals surface area contributed by atoms with Crippen LogP contribution in [0.1, 0.15) is 45.5 Å². The molecule has 1 heterocycles. The topological polar surface area (TPSA) is 63.4 Å². The smallest absolute Gasteiger partial charge is 0.318 e. The lowest BCUT2D eigenvalue weighted by Gasteiger charge is -2.28. The van der Waals surface area contributed by atoms with Gasteiger partial charge < -0.3 is 19.4 Å². The summed E-state index contributed by atoms with van der Waals surface area (Å²) in [6.07, 6.45) is 2.08. The van der Waals surface area contributed by atoms with Crippen LogP contribution in [0, 0.1) is 0 Å². The van der Waals surface area contributed by atoms with Crippen LogP contribution >= 0.6 is 0 Å². The molecule has 0 radical (unpaired) electrons. The van der Waals surface area contributed by atoms with E-state index in [1.807, 2.05) is 14.0 Å². The number of anilines is 1. The second-order valence-corrected chi connectivity index (χ2v) is 4.59. The third-order valence-corrected chi connectivity index (χ3v) is 3.40. The van der Waals surface area contributed by atoms with Gasteiger partial charge in [0.2, 0.25) is 5.89 Å². The number of nitrogens with zero attached hydrogens (tertiary/aromatic N) is 3. The van der Waals surface area contributed by atoms with E-state index >= 15 is 0 Å². The monoisotopic (exact) mass is 270 g/mol. The Morgan fingerprint density at radius 1 is 1.32 bits per heavy atom. The molecule has 110 valence electrons. The Balaban J connectivity index is 2.86. The van der Waals surface area contributed by atoms with Gasteiger partial charge in [0.15, 0.2) is 0 Å². The highest BCUT2D eigenvalue weighted by Gasteiger charge is 2.22. The van der Waals surface area contributed by atoms with Crippen molar-refractivity contribution in [3.8, 4) is 0 Å². The summed E-state index contributed by atoms with van der Waals surface area (Å²) in [4.78, 5) is 2.14. The molecule has 1 N–H and O–H groups in total. The molecule has 6 heteroatoms. The first kappa shape index (κ1) is 15.9. The maximum Gasteiger partial charge on any atom is 0.318 e. The molecule has 0 aliphatic rings. The lowest BCUT2D eigenvalue weighted by atomic mass is 10.1. The van der Waals surface area contributed by atoms with Gasteiger partial charge >= 0.3 is 6.01 Å². The fourth-order valence-electron chi connectivity index (χ4n) is 1.99. The van der Waals surface area contributed by atoms with Crippen molar-refractivity contribution in [1.82, 2.24) is 15.5 Å². The van der Waals surface area contributed by atoms with Crippen LogP contribution in [0.3, 0.4) is 0 Å². The van der Waals surface area contributed by atoms with Crippen LogP contribution in [-0.4, -0.2) is 43.5 Å². The summed E-state index contributed by atoms with van der Waals surface area (Å²) >= 11 is 0. The summed E-state index contributed by atoms with van der Waals surface area (Å²) in [6.45, 7) is 7.74. The van der Waals surface area contributed by atoms with Crippen molar-refractivity contribution in [2.75, 3.05) is 32.2 Å². The lowest BCUT2D eigenvalue weighted by molar-refractivity contribution is 0.200. The average Bonchev–Trinajstić information content (AvgIpc) is 2.92. The molecule has 0 saturated carbocycles. The summed E-state index contributed by atoms with van der Waals surface area (Å²) in [7, 11) is 3.57. The van der Waals surface area contributed by atoms with Gasteiger partial charge in [-0.25, -0.2) is 0 Å². The molecule has 0 spiro atoms.